The van der Waals surface area contributed by atoms with Crippen molar-refractivity contribution in [2.45, 2.75) is 26.7 Å². The van der Waals surface area contributed by atoms with Gasteiger partial charge in [0, 0.05) is 25.2 Å². The van der Waals surface area contributed by atoms with E-state index >= 15 is 0 Å². The SMILES string of the molecule is CCOC(=O)c1cc(COC(=O)N(C)CC(=O)O)c(OCc2ccc(B(O)O)cc2)c(COC(=O)N(C)CC(=O)O)c1. The van der Waals surface area contributed by atoms with Crippen LogP contribution in [0.25, 0.3) is 0 Å². The minimum atomic E-state index is -1.67. The number of rotatable bonds is 14. The van der Waals surface area contributed by atoms with Crippen molar-refractivity contribution in [1.29, 1.82) is 0 Å². The molecule has 0 aliphatic rings. The van der Waals surface area contributed by atoms with E-state index in [2.05, 4.69) is 0 Å². The van der Waals surface area contributed by atoms with Crippen LogP contribution in [0.2, 0.25) is 0 Å². The third-order valence-electron chi connectivity index (χ3n) is 5.49. The molecule has 0 unspecified atom stereocenters. The molecule has 0 saturated carbocycles. The number of amides is 2. The van der Waals surface area contributed by atoms with E-state index in [1.807, 2.05) is 0 Å². The highest BCUT2D eigenvalue weighted by Gasteiger charge is 2.22. The maximum absolute atomic E-state index is 12.6. The Bertz CT molecular complexity index is 1220. The van der Waals surface area contributed by atoms with Gasteiger partial charge in [-0.3, -0.25) is 9.59 Å². The second-order valence-corrected chi connectivity index (χ2v) is 8.86. The fourth-order valence-electron chi connectivity index (χ4n) is 3.46. The molecule has 4 N–H and O–H groups in total. The van der Waals surface area contributed by atoms with Gasteiger partial charge in [0.05, 0.1) is 12.2 Å². The number of carbonyl (C=O) groups is 5. The van der Waals surface area contributed by atoms with Crippen LogP contribution in [0.5, 0.6) is 5.75 Å². The Labute approximate surface area is 240 Å². The summed E-state index contributed by atoms with van der Waals surface area (Å²) in [7, 11) is 0.763. The van der Waals surface area contributed by atoms with Gasteiger partial charge in [0.25, 0.3) is 0 Å². The van der Waals surface area contributed by atoms with Crippen molar-refractivity contribution in [2.75, 3.05) is 33.8 Å². The van der Waals surface area contributed by atoms with Crippen LogP contribution in [0.1, 0.15) is 34.0 Å². The highest BCUT2D eigenvalue weighted by atomic mass is 16.6. The van der Waals surface area contributed by atoms with E-state index in [-0.39, 0.29) is 41.1 Å². The summed E-state index contributed by atoms with van der Waals surface area (Å²) in [5, 5.41) is 36.5. The van der Waals surface area contributed by atoms with E-state index < -0.39 is 63.5 Å². The Morgan fingerprint density at radius 1 is 0.762 bits per heavy atom. The van der Waals surface area contributed by atoms with Crippen LogP contribution < -0.4 is 10.2 Å². The summed E-state index contributed by atoms with van der Waals surface area (Å²) >= 11 is 0. The van der Waals surface area contributed by atoms with Crippen molar-refractivity contribution in [3.8, 4) is 5.75 Å². The van der Waals surface area contributed by atoms with Crippen LogP contribution in [0, 0.1) is 0 Å². The fourth-order valence-corrected chi connectivity index (χ4v) is 3.46. The molecular weight excluding hydrogens is 559 g/mol. The van der Waals surface area contributed by atoms with E-state index in [1.165, 1.54) is 38.4 Å². The van der Waals surface area contributed by atoms with Crippen LogP contribution >= 0.6 is 0 Å². The number of hydrogen-bond acceptors (Lipinski definition) is 11. The molecule has 16 heteroatoms. The van der Waals surface area contributed by atoms with Gasteiger partial charge in [0.2, 0.25) is 0 Å². The fraction of sp³-hybridized carbons (Fsp3) is 0.346. The van der Waals surface area contributed by atoms with E-state index in [0.717, 1.165) is 9.80 Å². The van der Waals surface area contributed by atoms with Crippen molar-refractivity contribution in [1.82, 2.24) is 9.80 Å². The number of carboxylic acids is 2. The van der Waals surface area contributed by atoms with Crippen molar-refractivity contribution in [3.05, 3.63) is 58.7 Å². The van der Waals surface area contributed by atoms with Crippen LogP contribution in [-0.2, 0) is 43.6 Å². The quantitative estimate of drug-likeness (QED) is 0.134. The molecule has 0 aliphatic carbocycles. The van der Waals surface area contributed by atoms with Crippen molar-refractivity contribution >= 4 is 42.7 Å². The summed E-state index contributed by atoms with van der Waals surface area (Å²) in [5.41, 5.74) is 1.12. The predicted molar refractivity (Wildman–Crippen MR) is 144 cm³/mol. The zero-order valence-electron chi connectivity index (χ0n) is 23.1. The number of benzene rings is 2. The van der Waals surface area contributed by atoms with Gasteiger partial charge in [-0.2, -0.15) is 0 Å². The van der Waals surface area contributed by atoms with E-state index in [1.54, 1.807) is 19.1 Å². The normalized spacial score (nSPS) is 10.3. The molecule has 42 heavy (non-hydrogen) atoms. The maximum Gasteiger partial charge on any atom is 0.488 e. The zero-order chi connectivity index (χ0) is 31.4. The Morgan fingerprint density at radius 2 is 1.24 bits per heavy atom. The Hall–Kier alpha value is -4.83. The largest absolute Gasteiger partial charge is 0.488 e. The number of nitrogens with zero attached hydrogens (tertiary/aromatic N) is 2. The molecule has 0 aliphatic heterocycles. The predicted octanol–water partition coefficient (Wildman–Crippen LogP) is 0.428. The average molecular weight is 590 g/mol. The molecule has 2 aromatic carbocycles. The van der Waals surface area contributed by atoms with Gasteiger partial charge in [-0.1, -0.05) is 24.3 Å². The van der Waals surface area contributed by atoms with E-state index in [4.69, 9.17) is 29.2 Å². The first kappa shape index (κ1) is 33.4. The summed E-state index contributed by atoms with van der Waals surface area (Å²) in [6.45, 7) is -0.687. The molecule has 2 aromatic rings. The number of carboxylic acid groups (broad SMARTS) is 2. The lowest BCUT2D eigenvalue weighted by molar-refractivity contribution is -0.138. The average Bonchev–Trinajstić information content (AvgIpc) is 2.93. The maximum atomic E-state index is 12.6. The molecule has 0 spiro atoms. The first-order valence-corrected chi connectivity index (χ1v) is 12.4. The summed E-state index contributed by atoms with van der Waals surface area (Å²) in [5.74, 6) is -3.22. The molecule has 2 amide bonds. The molecule has 15 nitrogen and oxygen atoms in total. The van der Waals surface area contributed by atoms with Crippen LogP contribution in [-0.4, -0.2) is 101 Å². The molecule has 0 fully saturated rings. The zero-order valence-corrected chi connectivity index (χ0v) is 23.1. The van der Waals surface area contributed by atoms with Gasteiger partial charge in [-0.05, 0) is 30.1 Å². The summed E-state index contributed by atoms with van der Waals surface area (Å²) < 4.78 is 21.5. The van der Waals surface area contributed by atoms with Crippen LogP contribution in [0.3, 0.4) is 0 Å². The Balaban J connectivity index is 2.46. The first-order valence-electron chi connectivity index (χ1n) is 12.4. The third-order valence-corrected chi connectivity index (χ3v) is 5.49. The molecule has 0 heterocycles. The molecule has 0 saturated heterocycles. The monoisotopic (exact) mass is 590 g/mol. The van der Waals surface area contributed by atoms with Gasteiger partial charge in [0.1, 0.15) is 38.7 Å². The molecular formula is C26H31BN2O13. The van der Waals surface area contributed by atoms with Crippen LogP contribution in [0.15, 0.2) is 36.4 Å². The van der Waals surface area contributed by atoms with Gasteiger partial charge >= 0.3 is 37.2 Å². The molecule has 226 valence electrons. The van der Waals surface area contributed by atoms with Gasteiger partial charge in [0.15, 0.2) is 0 Å². The second kappa shape index (κ2) is 15.8. The molecule has 0 aromatic heterocycles. The lowest BCUT2D eigenvalue weighted by Gasteiger charge is -2.20. The van der Waals surface area contributed by atoms with Gasteiger partial charge < -0.3 is 49.0 Å². The Morgan fingerprint density at radius 3 is 1.64 bits per heavy atom. The van der Waals surface area contributed by atoms with Crippen molar-refractivity contribution in [3.63, 3.8) is 0 Å². The van der Waals surface area contributed by atoms with E-state index in [0.29, 0.717) is 5.56 Å². The second-order valence-electron chi connectivity index (χ2n) is 8.86. The lowest BCUT2D eigenvalue weighted by Crippen LogP contribution is -2.32. The molecule has 2 rings (SSSR count). The molecule has 0 bridgehead atoms. The number of aliphatic carboxylic acids is 2. The molecule has 0 radical (unpaired) electrons. The summed E-state index contributed by atoms with van der Waals surface area (Å²) in [6, 6.07) is 8.76. The van der Waals surface area contributed by atoms with Gasteiger partial charge in [-0.15, -0.1) is 0 Å². The van der Waals surface area contributed by atoms with Crippen LogP contribution in [0.4, 0.5) is 9.59 Å². The number of carbonyl (C=O) groups excluding carboxylic acids is 3. The lowest BCUT2D eigenvalue weighted by atomic mass is 9.80. The number of esters is 1. The van der Waals surface area contributed by atoms with Crippen molar-refractivity contribution in [2.24, 2.45) is 0 Å². The van der Waals surface area contributed by atoms with E-state index in [9.17, 15) is 34.0 Å². The number of likely N-dealkylation sites (N-methyl/N-ethyl adjacent to an activating group) is 2. The summed E-state index contributed by atoms with van der Waals surface area (Å²) in [4.78, 5) is 60.9. The Kier molecular flexibility index (Phi) is 12.6. The highest BCUT2D eigenvalue weighted by molar-refractivity contribution is 6.58. The van der Waals surface area contributed by atoms with Gasteiger partial charge in [-0.25, -0.2) is 14.4 Å². The number of ether oxygens (including phenoxy) is 4. The number of hydrogen-bond donors (Lipinski definition) is 4. The smallest absolute Gasteiger partial charge is 0.488 e. The summed E-state index contributed by atoms with van der Waals surface area (Å²) in [6.07, 6.45) is -1.96. The topological polar surface area (TPSA) is 210 Å². The standard InChI is InChI=1S/C26H31BN2O13/c1-4-39-24(34)17-9-18(14-41-25(35)28(2)11-21(30)31)23(40-13-16-5-7-20(8-6-16)27(37)38)19(10-17)15-42-26(36)29(3)12-22(32)33/h5-10,37-38H,4,11-15H2,1-3H3,(H,30,31)(H,32,33). The first-order chi connectivity index (χ1) is 19.8. The third kappa shape index (κ3) is 10.3. The minimum absolute atomic E-state index is 0.000338. The molecule has 0 atom stereocenters. The van der Waals surface area contributed by atoms with Crippen molar-refractivity contribution < 1.29 is 63.2 Å². The highest BCUT2D eigenvalue weighted by Crippen LogP contribution is 2.30. The minimum Gasteiger partial charge on any atom is -0.488 e.